The van der Waals surface area contributed by atoms with Crippen molar-refractivity contribution in [1.82, 2.24) is 5.32 Å². The number of nitrogens with one attached hydrogen (secondary N) is 2. The van der Waals surface area contributed by atoms with E-state index in [4.69, 9.17) is 40.2 Å². The molecule has 1 aromatic rings. The van der Waals surface area contributed by atoms with Crippen LogP contribution >= 0.6 is 35.4 Å². The lowest BCUT2D eigenvalue weighted by Gasteiger charge is -2.11. The van der Waals surface area contributed by atoms with Gasteiger partial charge in [-0.05, 0) is 37.3 Å². The van der Waals surface area contributed by atoms with Gasteiger partial charge in [0.05, 0.1) is 17.3 Å². The molecule has 7 heteroatoms. The quantitative estimate of drug-likeness (QED) is 0.662. The number of benzene rings is 1. The molecule has 0 saturated carbocycles. The fourth-order valence-corrected chi connectivity index (χ4v) is 1.76. The number of hydrogen-bond acceptors (Lipinski definition) is 3. The molecule has 0 aromatic heterocycles. The molecule has 2 N–H and O–H groups in total. The zero-order valence-corrected chi connectivity index (χ0v) is 12.0. The maximum absolute atomic E-state index is 11.1. The smallest absolute Gasteiger partial charge is 0.325 e. The topological polar surface area (TPSA) is 50.4 Å². The average Bonchev–Trinajstić information content (AvgIpc) is 2.31. The molecule has 98 valence electrons. The molecule has 0 aliphatic rings. The Labute approximate surface area is 121 Å². The van der Waals surface area contributed by atoms with Gasteiger partial charge < -0.3 is 15.4 Å². The van der Waals surface area contributed by atoms with Gasteiger partial charge in [0, 0.05) is 5.02 Å². The molecule has 0 aliphatic heterocycles. The van der Waals surface area contributed by atoms with E-state index in [1.54, 1.807) is 25.1 Å². The number of thiocarbonyl (C=S) groups is 1. The zero-order valence-electron chi connectivity index (χ0n) is 9.63. The summed E-state index contributed by atoms with van der Waals surface area (Å²) in [5.41, 5.74) is 0.613. The SMILES string of the molecule is CCOC(=O)CNC(=S)Nc1ccc(Cl)cc1Cl. The second kappa shape index (κ2) is 7.41. The molecule has 0 heterocycles. The summed E-state index contributed by atoms with van der Waals surface area (Å²) in [5.74, 6) is -0.371. The Morgan fingerprint density at radius 1 is 1.44 bits per heavy atom. The third-order valence-electron chi connectivity index (χ3n) is 1.88. The third-order valence-corrected chi connectivity index (χ3v) is 2.67. The number of anilines is 1. The van der Waals surface area contributed by atoms with Gasteiger partial charge in [-0.1, -0.05) is 23.2 Å². The largest absolute Gasteiger partial charge is 0.465 e. The summed E-state index contributed by atoms with van der Waals surface area (Å²) in [4.78, 5) is 11.1. The number of esters is 1. The van der Waals surface area contributed by atoms with E-state index in [-0.39, 0.29) is 17.6 Å². The highest BCUT2D eigenvalue weighted by atomic mass is 35.5. The second-order valence-corrected chi connectivity index (χ2v) is 4.49. The van der Waals surface area contributed by atoms with Crippen LogP contribution in [0.5, 0.6) is 0 Å². The van der Waals surface area contributed by atoms with Crippen molar-refractivity contribution in [3.63, 3.8) is 0 Å². The first kappa shape index (κ1) is 15.0. The summed E-state index contributed by atoms with van der Waals surface area (Å²) in [6.07, 6.45) is 0. The van der Waals surface area contributed by atoms with Crippen molar-refractivity contribution >= 4 is 52.2 Å². The lowest BCUT2D eigenvalue weighted by molar-refractivity contribution is -0.141. The van der Waals surface area contributed by atoms with E-state index in [9.17, 15) is 4.79 Å². The fraction of sp³-hybridized carbons (Fsp3) is 0.273. The molecule has 0 bridgehead atoms. The molecule has 1 rings (SSSR count). The Morgan fingerprint density at radius 2 is 2.17 bits per heavy atom. The molecule has 0 aliphatic carbocycles. The van der Waals surface area contributed by atoms with Gasteiger partial charge in [0.25, 0.3) is 0 Å². The molecule has 0 amide bonds. The van der Waals surface area contributed by atoms with E-state index >= 15 is 0 Å². The third kappa shape index (κ3) is 5.08. The van der Waals surface area contributed by atoms with E-state index in [2.05, 4.69) is 10.6 Å². The van der Waals surface area contributed by atoms with E-state index in [0.29, 0.717) is 22.3 Å². The van der Waals surface area contributed by atoms with Crippen molar-refractivity contribution < 1.29 is 9.53 Å². The van der Waals surface area contributed by atoms with Gasteiger partial charge in [-0.25, -0.2) is 0 Å². The summed E-state index contributed by atoms with van der Waals surface area (Å²) >= 11 is 16.7. The van der Waals surface area contributed by atoms with Crippen LogP contribution in [0.25, 0.3) is 0 Å². The van der Waals surface area contributed by atoms with Crippen LogP contribution in [0, 0.1) is 0 Å². The van der Waals surface area contributed by atoms with Crippen molar-refractivity contribution in [3.8, 4) is 0 Å². The molecule has 0 atom stereocenters. The van der Waals surface area contributed by atoms with Crippen molar-refractivity contribution in [3.05, 3.63) is 28.2 Å². The molecule has 0 unspecified atom stereocenters. The first-order chi connectivity index (χ1) is 8.52. The summed E-state index contributed by atoms with van der Waals surface area (Å²) < 4.78 is 4.75. The number of carbonyl (C=O) groups excluding carboxylic acids is 1. The second-order valence-electron chi connectivity index (χ2n) is 3.24. The van der Waals surface area contributed by atoms with Gasteiger partial charge in [-0.15, -0.1) is 0 Å². The highest BCUT2D eigenvalue weighted by Crippen LogP contribution is 2.25. The number of ether oxygens (including phenoxy) is 1. The van der Waals surface area contributed by atoms with Gasteiger partial charge in [0.15, 0.2) is 5.11 Å². The van der Waals surface area contributed by atoms with Crippen molar-refractivity contribution in [2.75, 3.05) is 18.5 Å². The maximum atomic E-state index is 11.1. The number of halogens is 2. The average molecular weight is 307 g/mol. The van der Waals surface area contributed by atoms with Gasteiger partial charge in [-0.2, -0.15) is 0 Å². The summed E-state index contributed by atoms with van der Waals surface area (Å²) in [6.45, 7) is 2.08. The van der Waals surface area contributed by atoms with E-state index in [1.165, 1.54) is 0 Å². The molecular weight excluding hydrogens is 295 g/mol. The lowest BCUT2D eigenvalue weighted by atomic mass is 10.3. The normalized spacial score (nSPS) is 9.72. The van der Waals surface area contributed by atoms with Crippen LogP contribution in [0.15, 0.2) is 18.2 Å². The summed E-state index contributed by atoms with van der Waals surface area (Å²) in [7, 11) is 0. The molecule has 0 saturated heterocycles. The summed E-state index contributed by atoms with van der Waals surface area (Å²) in [5, 5.41) is 6.84. The molecule has 1 aromatic carbocycles. The van der Waals surface area contributed by atoms with Crippen LogP contribution in [0.3, 0.4) is 0 Å². The highest BCUT2D eigenvalue weighted by molar-refractivity contribution is 7.80. The monoisotopic (exact) mass is 306 g/mol. The molecule has 4 nitrogen and oxygen atoms in total. The van der Waals surface area contributed by atoms with Crippen molar-refractivity contribution in [2.24, 2.45) is 0 Å². The van der Waals surface area contributed by atoms with Crippen LogP contribution in [0.1, 0.15) is 6.92 Å². The number of hydrogen-bond donors (Lipinski definition) is 2. The predicted octanol–water partition coefficient (Wildman–Crippen LogP) is 2.84. The van der Waals surface area contributed by atoms with Gasteiger partial charge in [0.2, 0.25) is 0 Å². The first-order valence-corrected chi connectivity index (χ1v) is 6.35. The van der Waals surface area contributed by atoms with Crippen molar-refractivity contribution in [2.45, 2.75) is 6.92 Å². The Hall–Kier alpha value is -1.04. The van der Waals surface area contributed by atoms with Crippen LogP contribution in [-0.2, 0) is 9.53 Å². The van der Waals surface area contributed by atoms with Gasteiger partial charge in [0.1, 0.15) is 6.54 Å². The van der Waals surface area contributed by atoms with Crippen LogP contribution < -0.4 is 10.6 Å². The number of rotatable bonds is 4. The van der Waals surface area contributed by atoms with E-state index < -0.39 is 0 Å². The molecule has 0 spiro atoms. The summed E-state index contributed by atoms with van der Waals surface area (Å²) in [6, 6.07) is 4.98. The molecular formula is C11H12Cl2N2O2S. The highest BCUT2D eigenvalue weighted by Gasteiger charge is 2.05. The Bertz CT molecular complexity index is 455. The van der Waals surface area contributed by atoms with Crippen LogP contribution in [0.4, 0.5) is 5.69 Å². The van der Waals surface area contributed by atoms with E-state index in [1.807, 2.05) is 0 Å². The maximum Gasteiger partial charge on any atom is 0.325 e. The van der Waals surface area contributed by atoms with E-state index in [0.717, 1.165) is 0 Å². The molecule has 18 heavy (non-hydrogen) atoms. The van der Waals surface area contributed by atoms with Gasteiger partial charge >= 0.3 is 5.97 Å². The number of carbonyl (C=O) groups is 1. The van der Waals surface area contributed by atoms with Crippen LogP contribution in [-0.4, -0.2) is 24.2 Å². The Morgan fingerprint density at radius 3 is 2.78 bits per heavy atom. The minimum atomic E-state index is -0.371. The predicted molar refractivity (Wildman–Crippen MR) is 77.3 cm³/mol. The van der Waals surface area contributed by atoms with Crippen molar-refractivity contribution in [1.29, 1.82) is 0 Å². The fourth-order valence-electron chi connectivity index (χ4n) is 1.12. The lowest BCUT2D eigenvalue weighted by Crippen LogP contribution is -2.33. The Balaban J connectivity index is 2.47. The minimum Gasteiger partial charge on any atom is -0.465 e. The molecule has 0 fully saturated rings. The first-order valence-electron chi connectivity index (χ1n) is 5.18. The standard InChI is InChI=1S/C11H12Cl2N2O2S/c1-2-17-10(16)6-14-11(18)15-9-4-3-7(12)5-8(9)13/h3-5H,2,6H2,1H3,(H2,14,15,18). The van der Waals surface area contributed by atoms with Crippen LogP contribution in [0.2, 0.25) is 10.0 Å². The zero-order chi connectivity index (χ0) is 13.5. The Kier molecular flexibility index (Phi) is 6.18. The molecule has 0 radical (unpaired) electrons. The minimum absolute atomic E-state index is 0.00484. The van der Waals surface area contributed by atoms with Gasteiger partial charge in [-0.3, -0.25) is 4.79 Å².